The van der Waals surface area contributed by atoms with Gasteiger partial charge in [-0.25, -0.2) is 4.39 Å². The Morgan fingerprint density at radius 2 is 1.74 bits per heavy atom. The maximum Gasteiger partial charge on any atom is 0.389 e. The van der Waals surface area contributed by atoms with Crippen molar-refractivity contribution in [3.05, 3.63) is 88.8 Å². The summed E-state index contributed by atoms with van der Waals surface area (Å²) in [6.07, 6.45) is -3.96. The van der Waals surface area contributed by atoms with Gasteiger partial charge in [-0.1, -0.05) is 41.9 Å². The summed E-state index contributed by atoms with van der Waals surface area (Å²) in [5, 5.41) is 14.0. The molecule has 0 saturated carbocycles. The molecule has 38 heavy (non-hydrogen) atoms. The number of carboxylic acid groups (broad SMARTS) is 1. The van der Waals surface area contributed by atoms with Crippen molar-refractivity contribution >= 4 is 34.3 Å². The van der Waals surface area contributed by atoms with Crippen LogP contribution < -0.4 is 0 Å². The van der Waals surface area contributed by atoms with Gasteiger partial charge in [0.1, 0.15) is 5.82 Å². The van der Waals surface area contributed by atoms with E-state index in [4.69, 9.17) is 16.7 Å². The van der Waals surface area contributed by atoms with Crippen LogP contribution in [0.1, 0.15) is 54.1 Å². The van der Waals surface area contributed by atoms with E-state index in [1.54, 1.807) is 54.7 Å². The Morgan fingerprint density at radius 3 is 2.39 bits per heavy atom. The number of benzene rings is 3. The third kappa shape index (κ3) is 6.58. The number of Topliss-reactive ketones (excluding diaryl/α,β-unsaturated/α-hetero) is 1. The molecule has 5 nitrogen and oxygen atoms in total. The number of ketones is 1. The molecule has 1 aromatic heterocycles. The minimum Gasteiger partial charge on any atom is -0.481 e. The Balaban J connectivity index is 1.64. The monoisotopic (exact) mass is 546 g/mol. The maximum atomic E-state index is 13.5. The van der Waals surface area contributed by atoms with E-state index in [1.165, 1.54) is 16.8 Å². The Bertz CT molecular complexity index is 1470. The molecule has 4 aromatic rings. The summed E-state index contributed by atoms with van der Waals surface area (Å²) in [6.45, 7) is 0. The number of alkyl halides is 3. The fourth-order valence-corrected chi connectivity index (χ4v) is 4.64. The van der Waals surface area contributed by atoms with Crippen molar-refractivity contribution in [2.45, 2.75) is 44.3 Å². The molecule has 1 atom stereocenters. The topological polar surface area (TPSA) is 72.2 Å². The number of carboxylic acids is 1. The number of carbonyl (C=O) groups excluding carboxylic acids is 1. The number of fused-ring (bicyclic) bond motifs is 1. The number of aliphatic carboxylic acids is 1. The standard InChI is InChI=1S/C28H23ClF4N2O3/c29-23-15-21(30)9-10-22(23)19-8-11-24-20(14-19)16-34-35(24)25(12-13-28(31,32)33)17-4-6-18(7-5-17)26(36)2-1-3-27(37)38/h4-11,14-16,25H,1-3,12-13H2,(H,37,38). The van der Waals surface area contributed by atoms with Crippen LogP contribution in [0.3, 0.4) is 0 Å². The van der Waals surface area contributed by atoms with E-state index >= 15 is 0 Å². The minimum atomic E-state index is -4.37. The summed E-state index contributed by atoms with van der Waals surface area (Å²) in [6, 6.07) is 14.9. The largest absolute Gasteiger partial charge is 0.481 e. The van der Waals surface area contributed by atoms with E-state index < -0.39 is 30.4 Å². The Morgan fingerprint density at radius 1 is 1.00 bits per heavy atom. The molecule has 0 aliphatic carbocycles. The number of nitrogens with zero attached hydrogens (tertiary/aromatic N) is 2. The Labute approximate surface area is 220 Å². The molecule has 0 amide bonds. The maximum absolute atomic E-state index is 13.5. The van der Waals surface area contributed by atoms with Crippen molar-refractivity contribution in [3.63, 3.8) is 0 Å². The zero-order chi connectivity index (χ0) is 27.4. The molecule has 0 saturated heterocycles. The Kier molecular flexibility index (Phi) is 8.16. The van der Waals surface area contributed by atoms with Gasteiger partial charge >= 0.3 is 12.1 Å². The summed E-state index contributed by atoms with van der Waals surface area (Å²) in [4.78, 5) is 23.0. The molecule has 3 aromatic carbocycles. The van der Waals surface area contributed by atoms with Crippen molar-refractivity contribution in [3.8, 4) is 11.1 Å². The number of halogens is 5. The lowest BCUT2D eigenvalue weighted by Gasteiger charge is -2.20. The summed E-state index contributed by atoms with van der Waals surface area (Å²) in [5.74, 6) is -1.69. The van der Waals surface area contributed by atoms with E-state index in [0.29, 0.717) is 33.2 Å². The van der Waals surface area contributed by atoms with Gasteiger partial charge in [-0.2, -0.15) is 18.3 Å². The summed E-state index contributed by atoms with van der Waals surface area (Å²) >= 11 is 6.19. The number of hydrogen-bond donors (Lipinski definition) is 1. The highest BCUT2D eigenvalue weighted by molar-refractivity contribution is 6.33. The number of carbonyl (C=O) groups is 2. The molecule has 0 spiro atoms. The van der Waals surface area contributed by atoms with Crippen molar-refractivity contribution < 1.29 is 32.3 Å². The van der Waals surface area contributed by atoms with E-state index in [9.17, 15) is 27.2 Å². The molecule has 4 rings (SSSR count). The molecule has 1 heterocycles. The van der Waals surface area contributed by atoms with Gasteiger partial charge < -0.3 is 5.11 Å². The fraction of sp³-hybridized carbons (Fsp3) is 0.250. The lowest BCUT2D eigenvalue weighted by Crippen LogP contribution is -2.17. The zero-order valence-electron chi connectivity index (χ0n) is 20.0. The average molecular weight is 547 g/mol. The van der Waals surface area contributed by atoms with Gasteiger partial charge in [-0.3, -0.25) is 14.3 Å². The van der Waals surface area contributed by atoms with Crippen LogP contribution in [0.5, 0.6) is 0 Å². The van der Waals surface area contributed by atoms with Gasteiger partial charge in [-0.05, 0) is 54.3 Å². The van der Waals surface area contributed by atoms with Crippen molar-refractivity contribution in [2.75, 3.05) is 0 Å². The van der Waals surface area contributed by atoms with Gasteiger partial charge in [-0.15, -0.1) is 0 Å². The fourth-order valence-electron chi connectivity index (χ4n) is 4.36. The van der Waals surface area contributed by atoms with Gasteiger partial charge in [0.25, 0.3) is 0 Å². The van der Waals surface area contributed by atoms with Crippen molar-refractivity contribution in [1.82, 2.24) is 9.78 Å². The summed E-state index contributed by atoms with van der Waals surface area (Å²) in [5.41, 5.74) is 2.83. The first-order chi connectivity index (χ1) is 18.0. The van der Waals surface area contributed by atoms with Crippen LogP contribution in [0.15, 0.2) is 66.9 Å². The van der Waals surface area contributed by atoms with Gasteiger partial charge in [0.2, 0.25) is 0 Å². The third-order valence-electron chi connectivity index (χ3n) is 6.25. The van der Waals surface area contributed by atoms with Gasteiger partial charge in [0.05, 0.1) is 22.8 Å². The first-order valence-corrected chi connectivity index (χ1v) is 12.2. The second kappa shape index (κ2) is 11.3. The number of rotatable bonds is 10. The second-order valence-corrected chi connectivity index (χ2v) is 9.36. The molecule has 198 valence electrons. The highest BCUT2D eigenvalue weighted by Gasteiger charge is 2.30. The lowest BCUT2D eigenvalue weighted by atomic mass is 9.98. The first kappa shape index (κ1) is 27.3. The van der Waals surface area contributed by atoms with Gasteiger partial charge in [0.15, 0.2) is 5.78 Å². The molecule has 10 heteroatoms. The van der Waals surface area contributed by atoms with Crippen LogP contribution in [0.4, 0.5) is 17.6 Å². The van der Waals surface area contributed by atoms with E-state index in [2.05, 4.69) is 5.10 Å². The molecule has 1 N–H and O–H groups in total. The van der Waals surface area contributed by atoms with Crippen LogP contribution in [0.25, 0.3) is 22.0 Å². The molecule has 0 fully saturated rings. The van der Waals surface area contributed by atoms with E-state index in [-0.39, 0.29) is 36.5 Å². The van der Waals surface area contributed by atoms with Gasteiger partial charge in [0, 0.05) is 35.8 Å². The van der Waals surface area contributed by atoms with Crippen LogP contribution in [-0.4, -0.2) is 32.8 Å². The highest BCUT2D eigenvalue weighted by Crippen LogP contribution is 2.35. The molecule has 1 unspecified atom stereocenters. The molecule has 0 bridgehead atoms. The van der Waals surface area contributed by atoms with Crippen LogP contribution in [-0.2, 0) is 4.79 Å². The molecular weight excluding hydrogens is 524 g/mol. The highest BCUT2D eigenvalue weighted by atomic mass is 35.5. The smallest absolute Gasteiger partial charge is 0.389 e. The minimum absolute atomic E-state index is 0.0628. The normalized spacial score (nSPS) is 12.6. The summed E-state index contributed by atoms with van der Waals surface area (Å²) in [7, 11) is 0. The van der Waals surface area contributed by atoms with E-state index in [0.717, 1.165) is 0 Å². The van der Waals surface area contributed by atoms with Crippen molar-refractivity contribution in [2.24, 2.45) is 0 Å². The predicted molar refractivity (Wildman–Crippen MR) is 136 cm³/mol. The molecule has 0 radical (unpaired) electrons. The zero-order valence-corrected chi connectivity index (χ0v) is 20.8. The second-order valence-electron chi connectivity index (χ2n) is 8.95. The summed E-state index contributed by atoms with van der Waals surface area (Å²) < 4.78 is 54.5. The molecule has 0 aliphatic heterocycles. The van der Waals surface area contributed by atoms with Crippen LogP contribution >= 0.6 is 11.6 Å². The SMILES string of the molecule is O=C(O)CCCC(=O)c1ccc(C(CCC(F)(F)F)n2ncc3cc(-c4ccc(F)cc4Cl)ccc32)cc1. The molecule has 0 aliphatic rings. The number of aromatic nitrogens is 2. The lowest BCUT2D eigenvalue weighted by molar-refractivity contribution is -0.137. The van der Waals surface area contributed by atoms with Crippen LogP contribution in [0, 0.1) is 5.82 Å². The number of hydrogen-bond acceptors (Lipinski definition) is 3. The van der Waals surface area contributed by atoms with Crippen molar-refractivity contribution in [1.29, 1.82) is 0 Å². The molecular formula is C28H23ClF4N2O3. The third-order valence-corrected chi connectivity index (χ3v) is 6.56. The van der Waals surface area contributed by atoms with E-state index in [1.807, 2.05) is 0 Å². The average Bonchev–Trinajstić information content (AvgIpc) is 3.26. The quantitative estimate of drug-likeness (QED) is 0.162. The Hall–Kier alpha value is -3.72. The van der Waals surface area contributed by atoms with Crippen LogP contribution in [0.2, 0.25) is 5.02 Å². The first-order valence-electron chi connectivity index (χ1n) is 11.9. The predicted octanol–water partition coefficient (Wildman–Crippen LogP) is 7.87.